The Balaban J connectivity index is 1.25. The second kappa shape index (κ2) is 10.1. The highest BCUT2D eigenvalue weighted by molar-refractivity contribution is 5.67. The van der Waals surface area contributed by atoms with Gasteiger partial charge in [0, 0.05) is 45.3 Å². The molecule has 6 heteroatoms. The highest BCUT2D eigenvalue weighted by Gasteiger charge is 2.24. The number of hydrogen-bond acceptors (Lipinski definition) is 5. The Kier molecular flexibility index (Phi) is 6.97. The lowest BCUT2D eigenvalue weighted by atomic mass is 10.0. The Morgan fingerprint density at radius 3 is 2.77 bits per heavy atom. The molecule has 1 atom stereocenters. The molecule has 0 spiro atoms. The molecular weight excluding hydrogens is 390 g/mol. The fourth-order valence-corrected chi connectivity index (χ4v) is 4.34. The van der Waals surface area contributed by atoms with E-state index in [1.807, 2.05) is 12.1 Å². The summed E-state index contributed by atoms with van der Waals surface area (Å²) in [5.74, 6) is 0.958. The van der Waals surface area contributed by atoms with Gasteiger partial charge < -0.3 is 19.7 Å². The van der Waals surface area contributed by atoms with E-state index in [2.05, 4.69) is 59.5 Å². The van der Waals surface area contributed by atoms with Crippen LogP contribution in [0.5, 0.6) is 5.75 Å². The predicted octanol–water partition coefficient (Wildman–Crippen LogP) is 3.97. The van der Waals surface area contributed by atoms with Crippen LogP contribution in [0.3, 0.4) is 0 Å². The summed E-state index contributed by atoms with van der Waals surface area (Å²) in [6.45, 7) is 3.58. The van der Waals surface area contributed by atoms with Crippen LogP contribution in [-0.2, 0) is 24.2 Å². The third-order valence-electron chi connectivity index (χ3n) is 6.19. The lowest BCUT2D eigenvalue weighted by Crippen LogP contribution is -2.43. The van der Waals surface area contributed by atoms with Gasteiger partial charge in [0.05, 0.1) is 6.61 Å². The van der Waals surface area contributed by atoms with Gasteiger partial charge in [-0.05, 0) is 54.3 Å². The third kappa shape index (κ3) is 5.70. The molecule has 2 aromatic carbocycles. The van der Waals surface area contributed by atoms with Crippen molar-refractivity contribution in [3.63, 3.8) is 0 Å². The average molecular weight is 424 g/mol. The van der Waals surface area contributed by atoms with Gasteiger partial charge in [0.15, 0.2) is 0 Å². The largest absolute Gasteiger partial charge is 0.493 e. The molecule has 2 heterocycles. The van der Waals surface area contributed by atoms with Gasteiger partial charge in [0.1, 0.15) is 12.4 Å². The smallest absolute Gasteiger partial charge is 0.407 e. The monoisotopic (exact) mass is 423 g/mol. The van der Waals surface area contributed by atoms with E-state index in [4.69, 9.17) is 9.47 Å². The van der Waals surface area contributed by atoms with Crippen molar-refractivity contribution in [3.05, 3.63) is 59.2 Å². The Labute approximate surface area is 185 Å². The molecule has 2 aliphatic rings. The van der Waals surface area contributed by atoms with Crippen LogP contribution in [0.4, 0.5) is 10.5 Å². The molecule has 1 amide bonds. The zero-order chi connectivity index (χ0) is 21.6. The quantitative estimate of drug-likeness (QED) is 0.730. The number of likely N-dealkylation sites (tertiary alicyclic amines) is 1. The first-order valence-electron chi connectivity index (χ1n) is 11.2. The van der Waals surface area contributed by atoms with Crippen LogP contribution in [-0.4, -0.2) is 50.9 Å². The number of amides is 1. The van der Waals surface area contributed by atoms with E-state index in [-0.39, 0.29) is 12.1 Å². The van der Waals surface area contributed by atoms with Crippen molar-refractivity contribution in [1.29, 1.82) is 0 Å². The number of piperidine rings is 1. The molecule has 1 unspecified atom stereocenters. The molecule has 1 saturated heterocycles. The molecule has 4 rings (SSSR count). The molecule has 0 bridgehead atoms. The molecule has 6 nitrogen and oxygen atoms in total. The minimum Gasteiger partial charge on any atom is -0.493 e. The van der Waals surface area contributed by atoms with Gasteiger partial charge in [-0.1, -0.05) is 30.7 Å². The van der Waals surface area contributed by atoms with Crippen LogP contribution in [0, 0.1) is 0 Å². The molecule has 2 aromatic rings. The number of alkyl carbamates (subject to hydrolysis) is 1. The number of ether oxygens (including phenoxy) is 2. The maximum absolute atomic E-state index is 12.3. The number of carbonyl (C=O) groups excluding carboxylic acids is 1. The number of nitrogens with zero attached hydrogens (tertiary/aromatic N) is 2. The summed E-state index contributed by atoms with van der Waals surface area (Å²) in [6.07, 6.45) is 4.03. The Morgan fingerprint density at radius 1 is 1.16 bits per heavy atom. The van der Waals surface area contributed by atoms with E-state index in [0.717, 1.165) is 43.9 Å². The van der Waals surface area contributed by atoms with Crippen molar-refractivity contribution < 1.29 is 14.3 Å². The summed E-state index contributed by atoms with van der Waals surface area (Å²) in [6, 6.07) is 15.0. The maximum Gasteiger partial charge on any atom is 0.407 e. The highest BCUT2D eigenvalue weighted by atomic mass is 16.5. The molecule has 31 heavy (non-hydrogen) atoms. The minimum atomic E-state index is -0.349. The first-order valence-corrected chi connectivity index (χ1v) is 11.2. The van der Waals surface area contributed by atoms with E-state index < -0.39 is 0 Å². The van der Waals surface area contributed by atoms with Gasteiger partial charge in [-0.2, -0.15) is 0 Å². The molecular formula is C25H33N3O3. The highest BCUT2D eigenvalue weighted by Crippen LogP contribution is 2.26. The van der Waals surface area contributed by atoms with Gasteiger partial charge >= 0.3 is 6.09 Å². The van der Waals surface area contributed by atoms with Crippen LogP contribution < -0.4 is 15.0 Å². The van der Waals surface area contributed by atoms with Crippen LogP contribution in [0.2, 0.25) is 0 Å². The molecule has 0 radical (unpaired) electrons. The molecule has 2 aliphatic heterocycles. The molecule has 0 aliphatic carbocycles. The Hall–Kier alpha value is -2.73. The number of benzene rings is 2. The number of hydrogen-bond donors (Lipinski definition) is 1. The average Bonchev–Trinajstić information content (AvgIpc) is 3.25. The van der Waals surface area contributed by atoms with Crippen molar-refractivity contribution >= 4 is 11.8 Å². The molecule has 0 saturated carbocycles. The van der Waals surface area contributed by atoms with Crippen molar-refractivity contribution in [2.75, 3.05) is 38.8 Å². The van der Waals surface area contributed by atoms with Crippen LogP contribution in [0.15, 0.2) is 42.5 Å². The fourth-order valence-electron chi connectivity index (χ4n) is 4.34. The summed E-state index contributed by atoms with van der Waals surface area (Å²) >= 11 is 0. The lowest BCUT2D eigenvalue weighted by molar-refractivity contribution is 0.0638. The number of anilines is 1. The van der Waals surface area contributed by atoms with Gasteiger partial charge in [-0.15, -0.1) is 0 Å². The summed E-state index contributed by atoms with van der Waals surface area (Å²) in [5, 5.41) is 2.89. The topological polar surface area (TPSA) is 54.0 Å². The zero-order valence-electron chi connectivity index (χ0n) is 18.6. The fraction of sp³-hybridized carbons (Fsp3) is 0.480. The summed E-state index contributed by atoms with van der Waals surface area (Å²) in [4.78, 5) is 16.8. The van der Waals surface area contributed by atoms with E-state index in [0.29, 0.717) is 13.2 Å². The predicted molar refractivity (Wildman–Crippen MR) is 123 cm³/mol. The standard InChI is InChI=1S/C25H33N3O3/c1-27(2)22-9-6-19(7-10-22)17-28-13-4-3-5-23(28)18-31-25(29)26-16-20-8-11-24-21(15-20)12-14-30-24/h6-11,15,23H,3-5,12-14,16-18H2,1-2H3,(H,26,29). The normalized spacial score (nSPS) is 18.2. The number of fused-ring (bicyclic) bond motifs is 1. The molecule has 0 aromatic heterocycles. The molecule has 1 N–H and O–H groups in total. The van der Waals surface area contributed by atoms with E-state index >= 15 is 0 Å². The first kappa shape index (κ1) is 21.5. The molecule has 1 fully saturated rings. The third-order valence-corrected chi connectivity index (χ3v) is 6.19. The van der Waals surface area contributed by atoms with Crippen LogP contribution in [0.1, 0.15) is 36.0 Å². The van der Waals surface area contributed by atoms with Crippen molar-refractivity contribution in [1.82, 2.24) is 10.2 Å². The maximum atomic E-state index is 12.3. The second-order valence-electron chi connectivity index (χ2n) is 8.67. The Morgan fingerprint density at radius 2 is 1.97 bits per heavy atom. The zero-order valence-corrected chi connectivity index (χ0v) is 18.6. The first-order chi connectivity index (χ1) is 15.1. The summed E-state index contributed by atoms with van der Waals surface area (Å²) in [7, 11) is 4.10. The van der Waals surface area contributed by atoms with Crippen molar-refractivity contribution in [2.24, 2.45) is 0 Å². The van der Waals surface area contributed by atoms with E-state index in [9.17, 15) is 4.79 Å². The van der Waals surface area contributed by atoms with Crippen LogP contribution in [0.25, 0.3) is 0 Å². The van der Waals surface area contributed by atoms with Gasteiger partial charge in [0.25, 0.3) is 0 Å². The summed E-state index contributed by atoms with van der Waals surface area (Å²) in [5.41, 5.74) is 4.78. The number of nitrogens with one attached hydrogen (secondary N) is 1. The van der Waals surface area contributed by atoms with Gasteiger partial charge in [0.2, 0.25) is 0 Å². The number of rotatable bonds is 7. The minimum absolute atomic E-state index is 0.269. The second-order valence-corrected chi connectivity index (χ2v) is 8.67. The lowest BCUT2D eigenvalue weighted by Gasteiger charge is -2.35. The van der Waals surface area contributed by atoms with E-state index in [1.54, 1.807) is 0 Å². The van der Waals surface area contributed by atoms with Crippen molar-refractivity contribution in [3.8, 4) is 5.75 Å². The van der Waals surface area contributed by atoms with Crippen molar-refractivity contribution in [2.45, 2.75) is 44.8 Å². The van der Waals surface area contributed by atoms with Gasteiger partial charge in [-0.3, -0.25) is 4.90 Å². The van der Waals surface area contributed by atoms with Gasteiger partial charge in [-0.25, -0.2) is 4.79 Å². The van der Waals surface area contributed by atoms with E-state index in [1.165, 1.54) is 29.7 Å². The van der Waals surface area contributed by atoms with Crippen LogP contribution >= 0.6 is 0 Å². The molecule has 166 valence electrons. The SMILES string of the molecule is CN(C)c1ccc(CN2CCCCC2COC(=O)NCc2ccc3c(c2)CCO3)cc1. The summed E-state index contributed by atoms with van der Waals surface area (Å²) < 4.78 is 11.1. The number of carbonyl (C=O) groups is 1. The Bertz CT molecular complexity index is 882.